The summed E-state index contributed by atoms with van der Waals surface area (Å²) in [5, 5.41) is 0. The lowest BCUT2D eigenvalue weighted by molar-refractivity contribution is 0.395. The molecule has 0 aliphatic carbocycles. The molecule has 0 spiro atoms. The molecule has 0 heterocycles. The molecule has 0 aromatic heterocycles. The zero-order valence-electron chi connectivity index (χ0n) is 16.2. The zero-order chi connectivity index (χ0) is 16.3. The van der Waals surface area contributed by atoms with Crippen LogP contribution >= 0.6 is 0 Å². The fourth-order valence-corrected chi connectivity index (χ4v) is 3.35. The van der Waals surface area contributed by atoms with Crippen molar-refractivity contribution in [2.45, 2.75) is 130 Å². The monoisotopic (exact) mass is 309 g/mol. The van der Waals surface area contributed by atoms with Crippen molar-refractivity contribution >= 4 is 0 Å². The summed E-state index contributed by atoms with van der Waals surface area (Å²) in [6.07, 6.45) is 26.9. The van der Waals surface area contributed by atoms with Crippen LogP contribution in [0.4, 0.5) is 0 Å². The van der Waals surface area contributed by atoms with Crippen LogP contribution in [0, 0.1) is 12.3 Å². The van der Waals surface area contributed by atoms with Gasteiger partial charge in [0.15, 0.2) is 0 Å². The predicted octanol–water partition coefficient (Wildman–Crippen LogP) is 8.50. The summed E-state index contributed by atoms with van der Waals surface area (Å²) in [4.78, 5) is 0. The van der Waals surface area contributed by atoms with E-state index in [1.165, 1.54) is 109 Å². The highest BCUT2D eigenvalue weighted by Crippen LogP contribution is 2.24. The molecule has 1 unspecified atom stereocenters. The van der Waals surface area contributed by atoms with Crippen LogP contribution < -0.4 is 0 Å². The normalized spacial score (nSPS) is 12.7. The third-order valence-electron chi connectivity index (χ3n) is 4.94. The molecule has 0 amide bonds. The van der Waals surface area contributed by atoms with Gasteiger partial charge >= 0.3 is 0 Å². The molecule has 1 atom stereocenters. The van der Waals surface area contributed by atoms with Crippen molar-refractivity contribution in [2.24, 2.45) is 5.92 Å². The Bertz CT molecular complexity index is 184. The first-order chi connectivity index (χ1) is 10.8. The van der Waals surface area contributed by atoms with Gasteiger partial charge in [-0.25, -0.2) is 0 Å². The van der Waals surface area contributed by atoms with Gasteiger partial charge in [-0.3, -0.25) is 0 Å². The summed E-state index contributed by atoms with van der Waals surface area (Å²) < 4.78 is 0. The van der Waals surface area contributed by atoms with Crippen LogP contribution in [0.2, 0.25) is 0 Å². The minimum Gasteiger partial charge on any atom is -0.0654 e. The second kappa shape index (κ2) is 19.0. The Morgan fingerprint density at radius 3 is 1.59 bits per heavy atom. The van der Waals surface area contributed by atoms with Crippen LogP contribution in [0.15, 0.2) is 0 Å². The van der Waals surface area contributed by atoms with E-state index in [4.69, 9.17) is 0 Å². The van der Waals surface area contributed by atoms with Gasteiger partial charge in [0.25, 0.3) is 0 Å². The van der Waals surface area contributed by atoms with Crippen molar-refractivity contribution in [1.29, 1.82) is 0 Å². The number of hydrogen-bond donors (Lipinski definition) is 0. The highest BCUT2D eigenvalue weighted by atomic mass is 14.1. The van der Waals surface area contributed by atoms with Crippen molar-refractivity contribution in [3.8, 4) is 0 Å². The first-order valence-electron chi connectivity index (χ1n) is 10.7. The summed E-state index contributed by atoms with van der Waals surface area (Å²) in [5.74, 6) is 0.990. The molecule has 0 saturated heterocycles. The first-order valence-corrected chi connectivity index (χ1v) is 10.7. The summed E-state index contributed by atoms with van der Waals surface area (Å²) in [6, 6.07) is 0. The van der Waals surface area contributed by atoms with Gasteiger partial charge in [-0.2, -0.15) is 0 Å². The first kappa shape index (κ1) is 22.0. The average Bonchev–Trinajstić information content (AvgIpc) is 2.53. The van der Waals surface area contributed by atoms with Crippen LogP contribution in [-0.2, 0) is 0 Å². The van der Waals surface area contributed by atoms with E-state index in [0.717, 1.165) is 5.92 Å². The molecule has 0 aliphatic heterocycles. The fourth-order valence-electron chi connectivity index (χ4n) is 3.35. The van der Waals surface area contributed by atoms with E-state index in [9.17, 15) is 0 Å². The standard InChI is InChI=1S/C22H45/c1-4-7-10-13-15-18-21-22(19-16-12-9-6-3)20-17-14-11-8-5-2/h17,22H,4-16,18-21H2,1-3H3. The second-order valence-corrected chi connectivity index (χ2v) is 7.29. The van der Waals surface area contributed by atoms with Crippen LogP contribution in [0.25, 0.3) is 0 Å². The van der Waals surface area contributed by atoms with Crippen molar-refractivity contribution in [3.63, 3.8) is 0 Å². The lowest BCUT2D eigenvalue weighted by atomic mass is 9.89. The van der Waals surface area contributed by atoms with Gasteiger partial charge < -0.3 is 0 Å². The molecule has 0 rings (SSSR count). The summed E-state index contributed by atoms with van der Waals surface area (Å²) in [7, 11) is 0. The summed E-state index contributed by atoms with van der Waals surface area (Å²) in [6.45, 7) is 6.92. The third-order valence-corrected chi connectivity index (χ3v) is 4.94. The molecule has 0 aromatic carbocycles. The van der Waals surface area contributed by atoms with Crippen LogP contribution in [0.3, 0.4) is 0 Å². The van der Waals surface area contributed by atoms with Gasteiger partial charge in [0.05, 0.1) is 0 Å². The van der Waals surface area contributed by atoms with Crippen LogP contribution in [0.5, 0.6) is 0 Å². The Hall–Kier alpha value is 0. The smallest absolute Gasteiger partial charge is 0.0383 e. The molecule has 0 bridgehead atoms. The minimum absolute atomic E-state index is 0.990. The summed E-state index contributed by atoms with van der Waals surface area (Å²) >= 11 is 0. The molecular weight excluding hydrogens is 264 g/mol. The molecule has 0 aromatic rings. The Kier molecular flexibility index (Phi) is 19.0. The van der Waals surface area contributed by atoms with E-state index in [-0.39, 0.29) is 0 Å². The number of rotatable bonds is 18. The van der Waals surface area contributed by atoms with Crippen molar-refractivity contribution in [1.82, 2.24) is 0 Å². The molecule has 0 N–H and O–H groups in total. The number of hydrogen-bond acceptors (Lipinski definition) is 0. The lowest BCUT2D eigenvalue weighted by Gasteiger charge is -2.17. The molecule has 22 heavy (non-hydrogen) atoms. The van der Waals surface area contributed by atoms with Gasteiger partial charge in [0.2, 0.25) is 0 Å². The minimum atomic E-state index is 0.990. The summed E-state index contributed by atoms with van der Waals surface area (Å²) in [5.41, 5.74) is 0. The second-order valence-electron chi connectivity index (χ2n) is 7.29. The molecule has 0 saturated carbocycles. The maximum absolute atomic E-state index is 2.61. The van der Waals surface area contributed by atoms with Gasteiger partial charge in [-0.15, -0.1) is 0 Å². The van der Waals surface area contributed by atoms with Gasteiger partial charge in [-0.1, -0.05) is 124 Å². The van der Waals surface area contributed by atoms with Crippen molar-refractivity contribution in [3.05, 3.63) is 6.42 Å². The van der Waals surface area contributed by atoms with Gasteiger partial charge in [-0.05, 0) is 18.8 Å². The van der Waals surface area contributed by atoms with E-state index in [2.05, 4.69) is 27.2 Å². The molecule has 1 radical (unpaired) electrons. The van der Waals surface area contributed by atoms with Crippen molar-refractivity contribution < 1.29 is 0 Å². The van der Waals surface area contributed by atoms with E-state index < -0.39 is 0 Å². The Labute approximate surface area is 142 Å². The average molecular weight is 310 g/mol. The molecule has 0 aliphatic rings. The van der Waals surface area contributed by atoms with E-state index >= 15 is 0 Å². The van der Waals surface area contributed by atoms with Gasteiger partial charge in [0.1, 0.15) is 0 Å². The Morgan fingerprint density at radius 2 is 1.00 bits per heavy atom. The zero-order valence-corrected chi connectivity index (χ0v) is 16.2. The fraction of sp³-hybridized carbons (Fsp3) is 0.955. The molecule has 0 nitrogen and oxygen atoms in total. The quantitative estimate of drug-likeness (QED) is 0.223. The SMILES string of the molecule is CCCCC[CH]CC(CCCCCC)CCCCCCCC. The van der Waals surface area contributed by atoms with E-state index in [0.29, 0.717) is 0 Å². The van der Waals surface area contributed by atoms with Gasteiger partial charge in [0, 0.05) is 0 Å². The number of unbranched alkanes of at least 4 members (excludes halogenated alkanes) is 12. The highest BCUT2D eigenvalue weighted by Gasteiger charge is 2.08. The Balaban J connectivity index is 3.69. The molecule has 133 valence electrons. The van der Waals surface area contributed by atoms with E-state index in [1.807, 2.05) is 0 Å². The molecule has 0 heteroatoms. The maximum Gasteiger partial charge on any atom is -0.0383 e. The lowest BCUT2D eigenvalue weighted by Crippen LogP contribution is -2.02. The Morgan fingerprint density at radius 1 is 0.545 bits per heavy atom. The molecule has 0 fully saturated rings. The topological polar surface area (TPSA) is 0 Å². The molecular formula is C22H45. The highest BCUT2D eigenvalue weighted by molar-refractivity contribution is 4.72. The van der Waals surface area contributed by atoms with Crippen molar-refractivity contribution in [2.75, 3.05) is 0 Å². The van der Waals surface area contributed by atoms with Crippen LogP contribution in [0.1, 0.15) is 130 Å². The van der Waals surface area contributed by atoms with E-state index in [1.54, 1.807) is 0 Å². The largest absolute Gasteiger partial charge is 0.0654 e. The predicted molar refractivity (Wildman–Crippen MR) is 103 cm³/mol. The third kappa shape index (κ3) is 16.4. The maximum atomic E-state index is 2.61. The van der Waals surface area contributed by atoms with Crippen LogP contribution in [-0.4, -0.2) is 0 Å².